The number of carbonyl (C=O) groups excluding carboxylic acids is 1. The van der Waals surface area contributed by atoms with Crippen molar-refractivity contribution in [2.75, 3.05) is 36.6 Å². The first-order valence-corrected chi connectivity index (χ1v) is 13.1. The van der Waals surface area contributed by atoms with Gasteiger partial charge < -0.3 is 15.0 Å². The monoisotopic (exact) mass is 545 g/mol. The maximum atomic E-state index is 13.1. The lowest BCUT2D eigenvalue weighted by Gasteiger charge is -2.32. The highest BCUT2D eigenvalue weighted by Gasteiger charge is 2.31. The molecule has 0 radical (unpaired) electrons. The standard InChI is InChI=1S/C26H26Cl3N5O2/c1-2-10-33-11-8-16(9-12-33)18-7-6-17(13-22(18)29)31-26-30-14-19-24(32-26)36-15-34(25(19)35)23-20(27)4-3-5-21(23)28/h3-7,13-14,16H,2,8-12,15H2,1H3,(H,30,31,32). The average Bonchev–Trinajstić information content (AvgIpc) is 2.86. The van der Waals surface area contributed by atoms with E-state index in [4.69, 9.17) is 39.5 Å². The number of piperidine rings is 1. The molecule has 10 heteroatoms. The summed E-state index contributed by atoms with van der Waals surface area (Å²) in [5.74, 6) is 0.629. The normalized spacial score (nSPS) is 16.6. The number of nitrogens with one attached hydrogen (secondary N) is 1. The van der Waals surface area contributed by atoms with E-state index >= 15 is 0 Å². The smallest absolute Gasteiger partial charge is 0.268 e. The van der Waals surface area contributed by atoms with Crippen LogP contribution in [0.5, 0.6) is 5.88 Å². The quantitative estimate of drug-likeness (QED) is 0.368. The summed E-state index contributed by atoms with van der Waals surface area (Å²) >= 11 is 19.2. The van der Waals surface area contributed by atoms with Gasteiger partial charge in [-0.3, -0.25) is 9.69 Å². The van der Waals surface area contributed by atoms with Crippen LogP contribution in [0.15, 0.2) is 42.6 Å². The maximum Gasteiger partial charge on any atom is 0.268 e. The lowest BCUT2D eigenvalue weighted by atomic mass is 9.89. The summed E-state index contributed by atoms with van der Waals surface area (Å²) in [5, 5.41) is 4.60. The summed E-state index contributed by atoms with van der Waals surface area (Å²) < 4.78 is 5.76. The number of rotatable bonds is 6. The summed E-state index contributed by atoms with van der Waals surface area (Å²) in [7, 11) is 0. The van der Waals surface area contributed by atoms with Crippen LogP contribution in [0.25, 0.3) is 0 Å². The molecule has 3 heterocycles. The van der Waals surface area contributed by atoms with Gasteiger partial charge in [0.15, 0.2) is 6.73 Å². The van der Waals surface area contributed by atoms with Gasteiger partial charge in [0.25, 0.3) is 5.91 Å². The van der Waals surface area contributed by atoms with E-state index in [2.05, 4.69) is 33.2 Å². The Labute approximate surface area is 225 Å². The fourth-order valence-corrected chi connectivity index (χ4v) is 5.71. The van der Waals surface area contributed by atoms with E-state index in [1.807, 2.05) is 12.1 Å². The minimum Gasteiger partial charge on any atom is -0.455 e. The van der Waals surface area contributed by atoms with E-state index in [1.54, 1.807) is 18.2 Å². The highest BCUT2D eigenvalue weighted by atomic mass is 35.5. The second-order valence-electron chi connectivity index (χ2n) is 8.97. The lowest BCUT2D eigenvalue weighted by Crippen LogP contribution is -2.39. The van der Waals surface area contributed by atoms with Gasteiger partial charge in [-0.1, -0.05) is 53.9 Å². The zero-order valence-electron chi connectivity index (χ0n) is 19.8. The number of halogens is 3. The number of anilines is 3. The fourth-order valence-electron chi connectivity index (χ4n) is 4.77. The first-order chi connectivity index (χ1) is 17.4. The summed E-state index contributed by atoms with van der Waals surface area (Å²) in [6.45, 7) is 5.53. The zero-order chi connectivity index (χ0) is 25.2. The number of hydrogen-bond donors (Lipinski definition) is 1. The molecule has 188 valence electrons. The molecule has 7 nitrogen and oxygen atoms in total. The molecule has 1 fully saturated rings. The van der Waals surface area contributed by atoms with Crippen molar-refractivity contribution in [3.05, 3.63) is 68.8 Å². The average molecular weight is 547 g/mol. The van der Waals surface area contributed by atoms with Gasteiger partial charge in [-0.2, -0.15) is 4.98 Å². The molecule has 1 amide bonds. The predicted octanol–water partition coefficient (Wildman–Crippen LogP) is 6.77. The van der Waals surface area contributed by atoms with Crippen LogP contribution in [-0.2, 0) is 0 Å². The van der Waals surface area contributed by atoms with Crippen LogP contribution >= 0.6 is 34.8 Å². The van der Waals surface area contributed by atoms with E-state index < -0.39 is 0 Å². The molecule has 0 bridgehead atoms. The van der Waals surface area contributed by atoms with Gasteiger partial charge in [-0.15, -0.1) is 0 Å². The molecule has 0 saturated carbocycles. The van der Waals surface area contributed by atoms with Crippen LogP contribution in [-0.4, -0.2) is 47.1 Å². The molecule has 0 atom stereocenters. The van der Waals surface area contributed by atoms with Crippen molar-refractivity contribution in [2.24, 2.45) is 0 Å². The number of hydrogen-bond acceptors (Lipinski definition) is 6. The third kappa shape index (κ3) is 5.11. The van der Waals surface area contributed by atoms with E-state index in [0.717, 1.165) is 43.2 Å². The summed E-state index contributed by atoms with van der Waals surface area (Å²) in [6, 6.07) is 11.0. The van der Waals surface area contributed by atoms with Crippen molar-refractivity contribution in [1.29, 1.82) is 0 Å². The highest BCUT2D eigenvalue weighted by Crippen LogP contribution is 2.38. The molecule has 2 aliphatic rings. The molecule has 0 spiro atoms. The van der Waals surface area contributed by atoms with Gasteiger partial charge in [0.05, 0.1) is 15.7 Å². The molecular formula is C26H26Cl3N5O2. The summed E-state index contributed by atoms with van der Waals surface area (Å²) in [4.78, 5) is 25.7. The molecule has 5 rings (SSSR count). The van der Waals surface area contributed by atoms with Crippen LogP contribution in [0.3, 0.4) is 0 Å². The number of likely N-dealkylation sites (tertiary alicyclic amines) is 1. The zero-order valence-corrected chi connectivity index (χ0v) is 22.1. The lowest BCUT2D eigenvalue weighted by molar-refractivity contribution is 0.0932. The van der Waals surface area contributed by atoms with Gasteiger partial charge in [0.2, 0.25) is 11.8 Å². The second kappa shape index (κ2) is 10.8. The Hall–Kier alpha value is -2.58. The number of benzene rings is 2. The van der Waals surface area contributed by atoms with Crippen LogP contribution in [0.2, 0.25) is 15.1 Å². The van der Waals surface area contributed by atoms with Crippen LogP contribution < -0.4 is 15.0 Å². The molecule has 2 aliphatic heterocycles. The number of fused-ring (bicyclic) bond motifs is 1. The number of ether oxygens (including phenoxy) is 1. The minimum atomic E-state index is -0.338. The van der Waals surface area contributed by atoms with Gasteiger partial charge in [0.1, 0.15) is 5.56 Å². The minimum absolute atomic E-state index is 0.0661. The molecule has 0 aliphatic carbocycles. The van der Waals surface area contributed by atoms with Crippen molar-refractivity contribution in [3.63, 3.8) is 0 Å². The largest absolute Gasteiger partial charge is 0.455 e. The van der Waals surface area contributed by atoms with Crippen molar-refractivity contribution >= 4 is 58.0 Å². The number of nitrogens with zero attached hydrogens (tertiary/aromatic N) is 4. The van der Waals surface area contributed by atoms with Crippen LogP contribution in [0.4, 0.5) is 17.3 Å². The highest BCUT2D eigenvalue weighted by molar-refractivity contribution is 6.40. The molecule has 1 N–H and O–H groups in total. The van der Waals surface area contributed by atoms with Gasteiger partial charge >= 0.3 is 0 Å². The number of aromatic nitrogens is 2. The van der Waals surface area contributed by atoms with E-state index in [1.165, 1.54) is 23.1 Å². The number of carbonyl (C=O) groups is 1. The Morgan fingerprint density at radius 1 is 1.08 bits per heavy atom. The first-order valence-electron chi connectivity index (χ1n) is 12.0. The number of amides is 1. The Morgan fingerprint density at radius 2 is 1.83 bits per heavy atom. The molecule has 1 saturated heterocycles. The first kappa shape index (κ1) is 25.1. The van der Waals surface area contributed by atoms with Crippen molar-refractivity contribution in [3.8, 4) is 5.88 Å². The Bertz CT molecular complexity index is 1260. The van der Waals surface area contributed by atoms with Gasteiger partial charge in [-0.05, 0) is 74.6 Å². The Kier molecular flexibility index (Phi) is 7.53. The molecule has 3 aromatic rings. The summed E-state index contributed by atoms with van der Waals surface area (Å²) in [5.41, 5.74) is 2.56. The van der Waals surface area contributed by atoms with Gasteiger partial charge in [0, 0.05) is 16.9 Å². The summed E-state index contributed by atoms with van der Waals surface area (Å²) in [6.07, 6.45) is 4.85. The van der Waals surface area contributed by atoms with Crippen molar-refractivity contribution < 1.29 is 9.53 Å². The van der Waals surface area contributed by atoms with Crippen molar-refractivity contribution in [2.45, 2.75) is 32.1 Å². The van der Waals surface area contributed by atoms with E-state index in [9.17, 15) is 4.79 Å². The SMILES string of the molecule is CCCN1CCC(c2ccc(Nc3ncc4c(n3)OCN(c3c(Cl)cccc3Cl)C4=O)cc2Cl)CC1. The third-order valence-corrected chi connectivity index (χ3v) is 7.53. The topological polar surface area (TPSA) is 70.6 Å². The van der Waals surface area contributed by atoms with Crippen LogP contribution in [0.1, 0.15) is 48.0 Å². The second-order valence-corrected chi connectivity index (χ2v) is 10.2. The fraction of sp³-hybridized carbons (Fsp3) is 0.346. The molecule has 36 heavy (non-hydrogen) atoms. The molecule has 2 aromatic carbocycles. The molecule has 1 aromatic heterocycles. The number of para-hydroxylation sites is 1. The van der Waals surface area contributed by atoms with Crippen molar-refractivity contribution in [1.82, 2.24) is 14.9 Å². The molecule has 0 unspecified atom stereocenters. The van der Waals surface area contributed by atoms with E-state index in [0.29, 0.717) is 27.6 Å². The van der Waals surface area contributed by atoms with Gasteiger partial charge in [-0.25, -0.2) is 4.98 Å². The van der Waals surface area contributed by atoms with E-state index in [-0.39, 0.29) is 24.1 Å². The third-order valence-electron chi connectivity index (χ3n) is 6.59. The molecular weight excluding hydrogens is 521 g/mol. The Morgan fingerprint density at radius 3 is 2.53 bits per heavy atom. The van der Waals surface area contributed by atoms with Crippen LogP contribution in [0, 0.1) is 0 Å². The Balaban J connectivity index is 1.29. The predicted molar refractivity (Wildman–Crippen MR) is 144 cm³/mol. The maximum absolute atomic E-state index is 13.1.